The minimum Gasteiger partial charge on any atom is -0.467 e. The van der Waals surface area contributed by atoms with Crippen LogP contribution in [0.15, 0.2) is 30.3 Å². The Balaban J connectivity index is 2.02. The molecule has 0 radical (unpaired) electrons. The monoisotopic (exact) mass is 290 g/mol. The van der Waals surface area contributed by atoms with Crippen LogP contribution in [0.5, 0.6) is 0 Å². The second-order valence-corrected chi connectivity index (χ2v) is 5.48. The van der Waals surface area contributed by atoms with Crippen molar-refractivity contribution < 1.29 is 14.3 Å². The third-order valence-corrected chi connectivity index (χ3v) is 3.99. The Hall–Kier alpha value is -1.88. The van der Waals surface area contributed by atoms with Gasteiger partial charge in [0.1, 0.15) is 6.04 Å². The number of carbonyl (C=O) groups is 2. The quantitative estimate of drug-likeness (QED) is 0.793. The first-order valence-corrected chi connectivity index (χ1v) is 7.29. The number of rotatable bonds is 5. The lowest BCUT2D eigenvalue weighted by atomic mass is 10.0. The van der Waals surface area contributed by atoms with E-state index in [1.165, 1.54) is 7.11 Å². The highest BCUT2D eigenvalue weighted by molar-refractivity contribution is 5.86. The first-order chi connectivity index (χ1) is 10.1. The molecular weight excluding hydrogens is 268 g/mol. The predicted molar refractivity (Wildman–Crippen MR) is 79.4 cm³/mol. The van der Waals surface area contributed by atoms with Crippen molar-refractivity contribution in [2.45, 2.75) is 37.8 Å². The third-order valence-electron chi connectivity index (χ3n) is 3.99. The fourth-order valence-corrected chi connectivity index (χ4v) is 2.78. The normalized spacial score (nSPS) is 22.6. The zero-order valence-corrected chi connectivity index (χ0v) is 12.2. The summed E-state index contributed by atoms with van der Waals surface area (Å²) in [5, 5.41) is 2.80. The number of hydrogen-bond acceptors (Lipinski definition) is 4. The zero-order valence-electron chi connectivity index (χ0n) is 12.2. The molecule has 0 aromatic heterocycles. The van der Waals surface area contributed by atoms with Crippen molar-refractivity contribution in [3.63, 3.8) is 0 Å². The number of esters is 1. The van der Waals surface area contributed by atoms with Crippen LogP contribution in [0.3, 0.4) is 0 Å². The van der Waals surface area contributed by atoms with Crippen molar-refractivity contribution in [3.05, 3.63) is 35.9 Å². The molecule has 0 saturated heterocycles. The number of benzene rings is 1. The van der Waals surface area contributed by atoms with Crippen LogP contribution in [0.2, 0.25) is 0 Å². The summed E-state index contributed by atoms with van der Waals surface area (Å²) in [6.45, 7) is 0. The van der Waals surface area contributed by atoms with E-state index in [2.05, 4.69) is 5.32 Å². The number of nitrogens with two attached hydrogens (primary N) is 1. The van der Waals surface area contributed by atoms with E-state index in [-0.39, 0.29) is 17.9 Å². The average Bonchev–Trinajstić information content (AvgIpc) is 2.93. The average molecular weight is 290 g/mol. The Kier molecular flexibility index (Phi) is 5.33. The summed E-state index contributed by atoms with van der Waals surface area (Å²) >= 11 is 0. The van der Waals surface area contributed by atoms with E-state index in [9.17, 15) is 9.59 Å². The molecule has 0 bridgehead atoms. The van der Waals surface area contributed by atoms with Gasteiger partial charge in [-0.15, -0.1) is 0 Å². The van der Waals surface area contributed by atoms with Crippen LogP contribution in [0.1, 0.15) is 24.8 Å². The molecule has 2 rings (SSSR count). The predicted octanol–water partition coefficient (Wildman–Crippen LogP) is 1.01. The number of ether oxygens (including phenoxy) is 1. The molecule has 1 aromatic carbocycles. The molecule has 114 valence electrons. The summed E-state index contributed by atoms with van der Waals surface area (Å²) in [7, 11) is 1.33. The summed E-state index contributed by atoms with van der Waals surface area (Å²) in [6, 6.07) is 8.77. The standard InChI is InChI=1S/C16H22N2O3/c1-21-16(20)14(10-11-6-3-2-4-7-11)18-15(19)12-8-5-9-13(12)17/h2-4,6-7,12-14H,5,8-10,17H2,1H3,(H,18,19). The van der Waals surface area contributed by atoms with Crippen LogP contribution in [-0.2, 0) is 20.7 Å². The number of nitrogens with one attached hydrogen (secondary N) is 1. The van der Waals surface area contributed by atoms with Crippen molar-refractivity contribution in [3.8, 4) is 0 Å². The summed E-state index contributed by atoms with van der Waals surface area (Å²) < 4.78 is 4.79. The Morgan fingerprint density at radius 3 is 2.62 bits per heavy atom. The maximum atomic E-state index is 12.3. The minimum atomic E-state index is -0.669. The highest BCUT2D eigenvalue weighted by atomic mass is 16.5. The molecule has 0 spiro atoms. The Bertz CT molecular complexity index is 490. The molecule has 0 heterocycles. The van der Waals surface area contributed by atoms with Gasteiger partial charge in [-0.25, -0.2) is 4.79 Å². The van der Waals surface area contributed by atoms with E-state index in [1.54, 1.807) is 0 Å². The summed E-state index contributed by atoms with van der Waals surface area (Å²) in [4.78, 5) is 24.2. The number of amides is 1. The van der Waals surface area contributed by atoms with Gasteiger partial charge in [-0.3, -0.25) is 4.79 Å². The molecule has 1 saturated carbocycles. The summed E-state index contributed by atoms with van der Waals surface area (Å²) in [5.74, 6) is -0.780. The van der Waals surface area contributed by atoms with Gasteiger partial charge in [0, 0.05) is 12.5 Å². The van der Waals surface area contributed by atoms with Gasteiger partial charge in [-0.05, 0) is 18.4 Å². The molecule has 1 amide bonds. The molecule has 0 aliphatic heterocycles. The second-order valence-electron chi connectivity index (χ2n) is 5.48. The van der Waals surface area contributed by atoms with Crippen LogP contribution in [-0.4, -0.2) is 31.1 Å². The fraction of sp³-hybridized carbons (Fsp3) is 0.500. The molecule has 5 heteroatoms. The SMILES string of the molecule is COC(=O)C(Cc1ccccc1)NC(=O)C1CCCC1N. The largest absolute Gasteiger partial charge is 0.467 e. The zero-order chi connectivity index (χ0) is 15.2. The molecule has 3 atom stereocenters. The lowest BCUT2D eigenvalue weighted by molar-refractivity contribution is -0.145. The minimum absolute atomic E-state index is 0.111. The molecular formula is C16H22N2O3. The Morgan fingerprint density at radius 1 is 1.33 bits per heavy atom. The topological polar surface area (TPSA) is 81.4 Å². The maximum Gasteiger partial charge on any atom is 0.328 e. The van der Waals surface area contributed by atoms with Gasteiger partial charge in [0.05, 0.1) is 13.0 Å². The molecule has 21 heavy (non-hydrogen) atoms. The maximum absolute atomic E-state index is 12.3. The van der Waals surface area contributed by atoms with Crippen LogP contribution < -0.4 is 11.1 Å². The Labute approximate surface area is 124 Å². The van der Waals surface area contributed by atoms with Crippen molar-refractivity contribution in [1.29, 1.82) is 0 Å². The van der Waals surface area contributed by atoms with E-state index in [4.69, 9.17) is 10.5 Å². The molecule has 1 aliphatic carbocycles. The highest BCUT2D eigenvalue weighted by Gasteiger charge is 2.33. The van der Waals surface area contributed by atoms with E-state index in [0.29, 0.717) is 6.42 Å². The van der Waals surface area contributed by atoms with Gasteiger partial charge < -0.3 is 15.8 Å². The smallest absolute Gasteiger partial charge is 0.328 e. The van der Waals surface area contributed by atoms with E-state index >= 15 is 0 Å². The lowest BCUT2D eigenvalue weighted by Gasteiger charge is -2.21. The van der Waals surface area contributed by atoms with E-state index in [1.807, 2.05) is 30.3 Å². The molecule has 1 aromatic rings. The van der Waals surface area contributed by atoms with Gasteiger partial charge in [0.2, 0.25) is 5.91 Å². The third kappa shape index (κ3) is 4.04. The van der Waals surface area contributed by atoms with Crippen LogP contribution in [0.25, 0.3) is 0 Å². The summed E-state index contributed by atoms with van der Waals surface area (Å²) in [6.07, 6.45) is 3.02. The number of carbonyl (C=O) groups excluding carboxylic acids is 2. The second kappa shape index (κ2) is 7.22. The van der Waals surface area contributed by atoms with Crippen LogP contribution >= 0.6 is 0 Å². The van der Waals surface area contributed by atoms with E-state index < -0.39 is 12.0 Å². The molecule has 3 unspecified atom stereocenters. The van der Waals surface area contributed by atoms with Crippen LogP contribution in [0.4, 0.5) is 0 Å². The lowest BCUT2D eigenvalue weighted by Crippen LogP contribution is -2.48. The first kappa shape index (κ1) is 15.5. The molecule has 5 nitrogen and oxygen atoms in total. The highest BCUT2D eigenvalue weighted by Crippen LogP contribution is 2.24. The molecule has 3 N–H and O–H groups in total. The van der Waals surface area contributed by atoms with Crippen LogP contribution in [0, 0.1) is 5.92 Å². The van der Waals surface area contributed by atoms with Gasteiger partial charge in [0.25, 0.3) is 0 Å². The summed E-state index contributed by atoms with van der Waals surface area (Å²) in [5.41, 5.74) is 6.92. The molecule has 1 fully saturated rings. The number of hydrogen-bond donors (Lipinski definition) is 2. The van der Waals surface area contributed by atoms with Gasteiger partial charge in [0.15, 0.2) is 0 Å². The number of methoxy groups -OCH3 is 1. The van der Waals surface area contributed by atoms with Crippen molar-refractivity contribution in [2.24, 2.45) is 11.7 Å². The molecule has 1 aliphatic rings. The fourth-order valence-electron chi connectivity index (χ4n) is 2.78. The van der Waals surface area contributed by atoms with Gasteiger partial charge >= 0.3 is 5.97 Å². The van der Waals surface area contributed by atoms with Gasteiger partial charge in [-0.1, -0.05) is 36.8 Å². The van der Waals surface area contributed by atoms with Crippen molar-refractivity contribution in [1.82, 2.24) is 5.32 Å². The van der Waals surface area contributed by atoms with Crippen molar-refractivity contribution in [2.75, 3.05) is 7.11 Å². The Morgan fingerprint density at radius 2 is 2.05 bits per heavy atom. The van der Waals surface area contributed by atoms with E-state index in [0.717, 1.165) is 24.8 Å². The first-order valence-electron chi connectivity index (χ1n) is 7.29. The van der Waals surface area contributed by atoms with Gasteiger partial charge in [-0.2, -0.15) is 0 Å². The van der Waals surface area contributed by atoms with Crippen molar-refractivity contribution >= 4 is 11.9 Å².